The van der Waals surface area contributed by atoms with Gasteiger partial charge in [0.2, 0.25) is 0 Å². The van der Waals surface area contributed by atoms with Crippen LogP contribution in [-0.4, -0.2) is 26.8 Å². The Kier molecular flexibility index (Phi) is 5.49. The van der Waals surface area contributed by atoms with Crippen LogP contribution in [-0.2, 0) is 4.74 Å². The summed E-state index contributed by atoms with van der Waals surface area (Å²) in [6, 6.07) is 5.75. The van der Waals surface area contributed by atoms with Gasteiger partial charge >= 0.3 is 0 Å². The van der Waals surface area contributed by atoms with E-state index < -0.39 is 0 Å². The van der Waals surface area contributed by atoms with Crippen LogP contribution in [0.25, 0.3) is 0 Å². The van der Waals surface area contributed by atoms with Gasteiger partial charge in [-0.15, -0.1) is 0 Å². The third kappa shape index (κ3) is 3.41. The molecule has 3 nitrogen and oxygen atoms in total. The molecule has 2 unspecified atom stereocenters. The van der Waals surface area contributed by atoms with Gasteiger partial charge in [-0.05, 0) is 31.5 Å². The predicted octanol–water partition coefficient (Wildman–Crippen LogP) is 3.43. The quantitative estimate of drug-likeness (QED) is 0.812. The molecule has 0 saturated carbocycles. The van der Waals surface area contributed by atoms with E-state index in [4.69, 9.17) is 21.1 Å². The first-order chi connectivity index (χ1) is 9.27. The summed E-state index contributed by atoms with van der Waals surface area (Å²) in [5.74, 6) is 1.28. The molecular weight excluding hydrogens is 262 g/mol. The molecule has 0 radical (unpaired) electrons. The summed E-state index contributed by atoms with van der Waals surface area (Å²) in [6.45, 7) is 4.97. The van der Waals surface area contributed by atoms with E-state index in [0.29, 0.717) is 5.92 Å². The average molecular weight is 284 g/mol. The standard InChI is InChI=1S/C15H22ClNO2/c1-3-8-17-10-11-7-9-19-15(11)14-12(16)5-4-6-13(14)18-2/h4-6,11,15,17H,3,7-10H2,1-2H3. The zero-order valence-corrected chi connectivity index (χ0v) is 12.4. The molecule has 0 aliphatic carbocycles. The van der Waals surface area contributed by atoms with Crippen LogP contribution < -0.4 is 10.1 Å². The SMILES string of the molecule is CCCNCC1CCOC1c1c(Cl)cccc1OC. The molecule has 19 heavy (non-hydrogen) atoms. The number of benzene rings is 1. The molecule has 0 bridgehead atoms. The third-order valence-corrected chi connectivity index (χ3v) is 3.89. The molecule has 0 spiro atoms. The Hall–Kier alpha value is -0.770. The van der Waals surface area contributed by atoms with Gasteiger partial charge in [0.15, 0.2) is 0 Å². The zero-order chi connectivity index (χ0) is 13.7. The van der Waals surface area contributed by atoms with Gasteiger partial charge in [0, 0.05) is 24.6 Å². The summed E-state index contributed by atoms with van der Waals surface area (Å²) in [6.07, 6.45) is 2.25. The average Bonchev–Trinajstić information content (AvgIpc) is 2.87. The van der Waals surface area contributed by atoms with E-state index in [1.54, 1.807) is 7.11 Å². The van der Waals surface area contributed by atoms with Crippen molar-refractivity contribution in [3.8, 4) is 5.75 Å². The van der Waals surface area contributed by atoms with Crippen molar-refractivity contribution in [2.75, 3.05) is 26.8 Å². The summed E-state index contributed by atoms with van der Waals surface area (Å²) < 4.78 is 11.3. The minimum Gasteiger partial charge on any atom is -0.496 e. The lowest BCUT2D eigenvalue weighted by Crippen LogP contribution is -2.25. The van der Waals surface area contributed by atoms with Crippen LogP contribution in [0.15, 0.2) is 18.2 Å². The highest BCUT2D eigenvalue weighted by Gasteiger charge is 2.32. The van der Waals surface area contributed by atoms with Crippen LogP contribution in [0.3, 0.4) is 0 Å². The Morgan fingerprint density at radius 1 is 1.47 bits per heavy atom. The van der Waals surface area contributed by atoms with Gasteiger partial charge in [0.25, 0.3) is 0 Å². The third-order valence-electron chi connectivity index (χ3n) is 3.56. The fourth-order valence-electron chi connectivity index (χ4n) is 2.60. The van der Waals surface area contributed by atoms with Crippen molar-refractivity contribution in [1.29, 1.82) is 0 Å². The second kappa shape index (κ2) is 7.13. The van der Waals surface area contributed by atoms with Crippen molar-refractivity contribution in [2.24, 2.45) is 5.92 Å². The van der Waals surface area contributed by atoms with Gasteiger partial charge in [-0.3, -0.25) is 0 Å². The van der Waals surface area contributed by atoms with Crippen LogP contribution in [0, 0.1) is 5.92 Å². The summed E-state index contributed by atoms with van der Waals surface area (Å²) in [5, 5.41) is 4.20. The maximum Gasteiger partial charge on any atom is 0.126 e. The van der Waals surface area contributed by atoms with E-state index in [1.165, 1.54) is 0 Å². The molecule has 106 valence electrons. The molecule has 0 amide bonds. The van der Waals surface area contributed by atoms with Crippen LogP contribution in [0.4, 0.5) is 0 Å². The maximum atomic E-state index is 6.33. The largest absolute Gasteiger partial charge is 0.496 e. The summed E-state index contributed by atoms with van der Waals surface area (Å²) in [4.78, 5) is 0. The van der Waals surface area contributed by atoms with Crippen LogP contribution >= 0.6 is 11.6 Å². The lowest BCUT2D eigenvalue weighted by Gasteiger charge is -2.22. The minimum atomic E-state index is 0.0352. The lowest BCUT2D eigenvalue weighted by molar-refractivity contribution is 0.0884. The van der Waals surface area contributed by atoms with Crippen LogP contribution in [0.5, 0.6) is 5.75 Å². The van der Waals surface area contributed by atoms with Crippen molar-refractivity contribution >= 4 is 11.6 Å². The fraction of sp³-hybridized carbons (Fsp3) is 0.600. The monoisotopic (exact) mass is 283 g/mol. The van der Waals surface area contributed by atoms with Crippen molar-refractivity contribution in [3.63, 3.8) is 0 Å². The molecule has 1 aliphatic rings. The predicted molar refractivity (Wildman–Crippen MR) is 78.0 cm³/mol. The zero-order valence-electron chi connectivity index (χ0n) is 11.6. The first-order valence-corrected chi connectivity index (χ1v) is 7.30. The van der Waals surface area contributed by atoms with Crippen molar-refractivity contribution in [2.45, 2.75) is 25.9 Å². The van der Waals surface area contributed by atoms with E-state index in [-0.39, 0.29) is 6.10 Å². The molecule has 2 atom stereocenters. The molecule has 1 aromatic rings. The first-order valence-electron chi connectivity index (χ1n) is 6.92. The highest BCUT2D eigenvalue weighted by atomic mass is 35.5. The smallest absolute Gasteiger partial charge is 0.126 e. The van der Waals surface area contributed by atoms with Crippen molar-refractivity contribution < 1.29 is 9.47 Å². The van der Waals surface area contributed by atoms with Crippen molar-refractivity contribution in [1.82, 2.24) is 5.32 Å². The Morgan fingerprint density at radius 3 is 3.05 bits per heavy atom. The number of ether oxygens (including phenoxy) is 2. The first kappa shape index (κ1) is 14.6. The van der Waals surface area contributed by atoms with Gasteiger partial charge in [-0.25, -0.2) is 0 Å². The van der Waals surface area contributed by atoms with Gasteiger partial charge < -0.3 is 14.8 Å². The molecule has 1 aromatic carbocycles. The normalized spacial score (nSPS) is 22.7. The van der Waals surface area contributed by atoms with Crippen LogP contribution in [0.1, 0.15) is 31.4 Å². The van der Waals surface area contributed by atoms with Crippen LogP contribution in [0.2, 0.25) is 5.02 Å². The van der Waals surface area contributed by atoms with E-state index in [2.05, 4.69) is 12.2 Å². The van der Waals surface area contributed by atoms with Gasteiger partial charge in [0.1, 0.15) is 5.75 Å². The van der Waals surface area contributed by atoms with E-state index in [0.717, 1.165) is 48.9 Å². The second-order valence-electron chi connectivity index (χ2n) is 4.90. The number of hydrogen-bond donors (Lipinski definition) is 1. The highest BCUT2D eigenvalue weighted by molar-refractivity contribution is 6.31. The Balaban J connectivity index is 2.15. The molecule has 1 aliphatic heterocycles. The van der Waals surface area contributed by atoms with Gasteiger partial charge in [-0.2, -0.15) is 0 Å². The maximum absolute atomic E-state index is 6.33. The topological polar surface area (TPSA) is 30.5 Å². The molecule has 4 heteroatoms. The molecule has 1 heterocycles. The summed E-state index contributed by atoms with van der Waals surface area (Å²) in [7, 11) is 1.68. The van der Waals surface area contributed by atoms with Gasteiger partial charge in [0.05, 0.1) is 18.2 Å². The molecule has 0 aromatic heterocycles. The van der Waals surface area contributed by atoms with E-state index in [1.807, 2.05) is 18.2 Å². The van der Waals surface area contributed by atoms with E-state index in [9.17, 15) is 0 Å². The second-order valence-corrected chi connectivity index (χ2v) is 5.31. The number of halogens is 1. The number of nitrogens with one attached hydrogen (secondary N) is 1. The lowest BCUT2D eigenvalue weighted by atomic mass is 9.94. The fourth-order valence-corrected chi connectivity index (χ4v) is 2.87. The molecule has 1 N–H and O–H groups in total. The number of rotatable bonds is 6. The minimum absolute atomic E-state index is 0.0352. The summed E-state index contributed by atoms with van der Waals surface area (Å²) in [5.41, 5.74) is 0.993. The Labute approximate surface area is 120 Å². The number of methoxy groups -OCH3 is 1. The van der Waals surface area contributed by atoms with E-state index >= 15 is 0 Å². The van der Waals surface area contributed by atoms with Gasteiger partial charge in [-0.1, -0.05) is 24.6 Å². The molecule has 1 fully saturated rings. The summed E-state index contributed by atoms with van der Waals surface area (Å²) >= 11 is 6.33. The van der Waals surface area contributed by atoms with Crippen molar-refractivity contribution in [3.05, 3.63) is 28.8 Å². The number of hydrogen-bond acceptors (Lipinski definition) is 3. The Bertz CT molecular complexity index is 411. The Morgan fingerprint density at radius 2 is 2.32 bits per heavy atom. The highest BCUT2D eigenvalue weighted by Crippen LogP contribution is 2.42. The molecule has 2 rings (SSSR count). The molecule has 1 saturated heterocycles. The molecular formula is C15H22ClNO2.